The topological polar surface area (TPSA) is 34.9 Å². The average Bonchev–Trinajstić information content (AvgIpc) is 2.91. The molecule has 0 aliphatic rings. The number of hydrogen-bond acceptors (Lipinski definition) is 2. The van der Waals surface area contributed by atoms with Gasteiger partial charge in [-0.15, -0.1) is 0 Å². The summed E-state index contributed by atoms with van der Waals surface area (Å²) < 4.78 is 1.62. The molecule has 3 aromatic rings. The quantitative estimate of drug-likeness (QED) is 0.535. The fourth-order valence-electron chi connectivity index (χ4n) is 2.21. The molecule has 3 heteroatoms. The van der Waals surface area contributed by atoms with Gasteiger partial charge in [-0.05, 0) is 22.4 Å². The Morgan fingerprint density at radius 1 is 1.15 bits per heavy atom. The summed E-state index contributed by atoms with van der Waals surface area (Å²) in [5, 5.41) is 6.32. The molecule has 0 aliphatic carbocycles. The molecule has 0 spiro atoms. The molecule has 0 atom stereocenters. The molecule has 0 fully saturated rings. The van der Waals surface area contributed by atoms with E-state index in [1.54, 1.807) is 30.2 Å². The summed E-state index contributed by atoms with van der Waals surface area (Å²) in [4.78, 5) is 12.0. The van der Waals surface area contributed by atoms with E-state index in [1.807, 2.05) is 30.3 Å². The fraction of sp³-hybridized carbons (Fsp3) is 0.0588. The predicted octanol–water partition coefficient (Wildman–Crippen LogP) is 3.47. The number of allylic oxidation sites excluding steroid dienone is 1. The maximum Gasteiger partial charge on any atom is 0.189 e. The molecular weight excluding hydrogens is 248 g/mol. The molecule has 0 aliphatic heterocycles. The van der Waals surface area contributed by atoms with Crippen LogP contribution in [0.4, 0.5) is 0 Å². The van der Waals surface area contributed by atoms with Crippen LogP contribution in [-0.2, 0) is 7.05 Å². The Morgan fingerprint density at radius 2 is 1.95 bits per heavy atom. The molecule has 1 aromatic heterocycles. The van der Waals surface area contributed by atoms with Crippen LogP contribution in [0.5, 0.6) is 0 Å². The molecular formula is C17H14N2O. The van der Waals surface area contributed by atoms with Crippen LogP contribution in [0.25, 0.3) is 16.8 Å². The van der Waals surface area contributed by atoms with Gasteiger partial charge in [0.05, 0.1) is 11.8 Å². The van der Waals surface area contributed by atoms with Crippen molar-refractivity contribution in [2.75, 3.05) is 0 Å². The van der Waals surface area contributed by atoms with E-state index in [2.05, 4.69) is 23.3 Å². The second-order valence-electron chi connectivity index (χ2n) is 4.67. The van der Waals surface area contributed by atoms with Crippen molar-refractivity contribution >= 4 is 22.6 Å². The third-order valence-electron chi connectivity index (χ3n) is 3.23. The molecule has 2 aromatic carbocycles. The Morgan fingerprint density at radius 3 is 2.75 bits per heavy atom. The summed E-state index contributed by atoms with van der Waals surface area (Å²) in [6, 6.07) is 14.2. The summed E-state index contributed by atoms with van der Waals surface area (Å²) in [5.41, 5.74) is 1.64. The minimum Gasteiger partial charge on any atom is -0.289 e. The molecule has 3 rings (SSSR count). The summed E-state index contributed by atoms with van der Waals surface area (Å²) in [7, 11) is 1.80. The van der Waals surface area contributed by atoms with Gasteiger partial charge in [-0.2, -0.15) is 5.10 Å². The SMILES string of the molecule is Cn1cc(C(=O)/C=C/c2cccc3ccccc23)cn1. The van der Waals surface area contributed by atoms with Gasteiger partial charge in [0.25, 0.3) is 0 Å². The Kier molecular flexibility index (Phi) is 3.17. The van der Waals surface area contributed by atoms with E-state index in [0.717, 1.165) is 10.9 Å². The molecule has 1 heterocycles. The van der Waals surface area contributed by atoms with E-state index in [0.29, 0.717) is 5.56 Å². The summed E-state index contributed by atoms with van der Waals surface area (Å²) >= 11 is 0. The highest BCUT2D eigenvalue weighted by molar-refractivity contribution is 6.07. The molecule has 0 unspecified atom stereocenters. The highest BCUT2D eigenvalue weighted by atomic mass is 16.1. The number of hydrogen-bond donors (Lipinski definition) is 0. The molecule has 0 bridgehead atoms. The van der Waals surface area contributed by atoms with Crippen LogP contribution >= 0.6 is 0 Å². The molecule has 20 heavy (non-hydrogen) atoms. The van der Waals surface area contributed by atoms with Gasteiger partial charge in [0.1, 0.15) is 0 Å². The monoisotopic (exact) mass is 262 g/mol. The Bertz CT molecular complexity index is 794. The van der Waals surface area contributed by atoms with E-state index in [-0.39, 0.29) is 5.78 Å². The lowest BCUT2D eigenvalue weighted by molar-refractivity contribution is 0.104. The Balaban J connectivity index is 1.93. The van der Waals surface area contributed by atoms with Crippen LogP contribution in [-0.4, -0.2) is 15.6 Å². The van der Waals surface area contributed by atoms with Crippen LogP contribution < -0.4 is 0 Å². The van der Waals surface area contributed by atoms with Crippen molar-refractivity contribution in [3.63, 3.8) is 0 Å². The van der Waals surface area contributed by atoms with Crippen molar-refractivity contribution in [3.05, 3.63) is 72.1 Å². The molecule has 0 saturated carbocycles. The van der Waals surface area contributed by atoms with Crippen LogP contribution in [0, 0.1) is 0 Å². The summed E-state index contributed by atoms with van der Waals surface area (Å²) in [5.74, 6) is -0.0361. The number of rotatable bonds is 3. The maximum absolute atomic E-state index is 12.0. The molecule has 98 valence electrons. The van der Waals surface area contributed by atoms with Crippen molar-refractivity contribution in [1.29, 1.82) is 0 Å². The zero-order valence-corrected chi connectivity index (χ0v) is 11.2. The Hall–Kier alpha value is -2.68. The molecule has 0 amide bonds. The molecule has 0 N–H and O–H groups in total. The summed E-state index contributed by atoms with van der Waals surface area (Å²) in [6.07, 6.45) is 6.75. The number of fused-ring (bicyclic) bond motifs is 1. The van der Waals surface area contributed by atoms with Crippen LogP contribution in [0.1, 0.15) is 15.9 Å². The molecule has 3 nitrogen and oxygen atoms in total. The van der Waals surface area contributed by atoms with Crippen molar-refractivity contribution in [1.82, 2.24) is 9.78 Å². The van der Waals surface area contributed by atoms with Gasteiger partial charge in [0.15, 0.2) is 5.78 Å². The maximum atomic E-state index is 12.0. The standard InChI is InChI=1S/C17H14N2O/c1-19-12-15(11-18-19)17(20)10-9-14-7-4-6-13-5-2-3-8-16(13)14/h2-12H,1H3/b10-9+. The van der Waals surface area contributed by atoms with Gasteiger partial charge >= 0.3 is 0 Å². The first kappa shape index (κ1) is 12.4. The smallest absolute Gasteiger partial charge is 0.189 e. The first-order chi connectivity index (χ1) is 9.74. The minimum atomic E-state index is -0.0361. The van der Waals surface area contributed by atoms with E-state index in [4.69, 9.17) is 0 Å². The van der Waals surface area contributed by atoms with Crippen molar-refractivity contribution in [2.45, 2.75) is 0 Å². The number of aryl methyl sites for hydroxylation is 1. The van der Waals surface area contributed by atoms with Crippen molar-refractivity contribution < 1.29 is 4.79 Å². The van der Waals surface area contributed by atoms with E-state index in [9.17, 15) is 4.79 Å². The second-order valence-corrected chi connectivity index (χ2v) is 4.67. The lowest BCUT2D eigenvalue weighted by Gasteiger charge is -2.01. The molecule has 0 radical (unpaired) electrons. The highest BCUT2D eigenvalue weighted by Gasteiger charge is 2.04. The Labute approximate surface area is 117 Å². The predicted molar refractivity (Wildman–Crippen MR) is 80.5 cm³/mol. The van der Waals surface area contributed by atoms with E-state index < -0.39 is 0 Å². The third-order valence-corrected chi connectivity index (χ3v) is 3.23. The first-order valence-corrected chi connectivity index (χ1v) is 6.43. The lowest BCUT2D eigenvalue weighted by Crippen LogP contribution is -1.92. The summed E-state index contributed by atoms with van der Waals surface area (Å²) in [6.45, 7) is 0. The number of aromatic nitrogens is 2. The van der Waals surface area contributed by atoms with Crippen molar-refractivity contribution in [3.8, 4) is 0 Å². The van der Waals surface area contributed by atoms with Gasteiger partial charge in [-0.3, -0.25) is 9.48 Å². The van der Waals surface area contributed by atoms with Gasteiger partial charge in [0.2, 0.25) is 0 Å². The normalized spacial score (nSPS) is 11.2. The van der Waals surface area contributed by atoms with E-state index in [1.165, 1.54) is 5.39 Å². The number of benzene rings is 2. The zero-order valence-electron chi connectivity index (χ0n) is 11.2. The minimum absolute atomic E-state index is 0.0361. The van der Waals surface area contributed by atoms with E-state index >= 15 is 0 Å². The van der Waals surface area contributed by atoms with Crippen LogP contribution in [0.3, 0.4) is 0 Å². The van der Waals surface area contributed by atoms with Gasteiger partial charge in [-0.25, -0.2) is 0 Å². The second kappa shape index (κ2) is 5.13. The number of nitrogens with zero attached hydrogens (tertiary/aromatic N) is 2. The average molecular weight is 262 g/mol. The highest BCUT2D eigenvalue weighted by Crippen LogP contribution is 2.19. The van der Waals surface area contributed by atoms with Crippen LogP contribution in [0.15, 0.2) is 60.9 Å². The number of carbonyl (C=O) groups excluding carboxylic acids is 1. The largest absolute Gasteiger partial charge is 0.289 e. The number of carbonyl (C=O) groups is 1. The fourth-order valence-corrected chi connectivity index (χ4v) is 2.21. The lowest BCUT2D eigenvalue weighted by atomic mass is 10.0. The van der Waals surface area contributed by atoms with Gasteiger partial charge < -0.3 is 0 Å². The third kappa shape index (κ3) is 2.38. The van der Waals surface area contributed by atoms with Gasteiger partial charge in [0, 0.05) is 13.2 Å². The van der Waals surface area contributed by atoms with Crippen molar-refractivity contribution in [2.24, 2.45) is 7.05 Å². The first-order valence-electron chi connectivity index (χ1n) is 6.43. The molecule has 0 saturated heterocycles. The van der Waals surface area contributed by atoms with Gasteiger partial charge in [-0.1, -0.05) is 48.5 Å². The zero-order chi connectivity index (χ0) is 13.9. The number of ketones is 1. The van der Waals surface area contributed by atoms with Crippen LogP contribution in [0.2, 0.25) is 0 Å².